The Bertz CT molecular complexity index is 952. The van der Waals surface area contributed by atoms with Gasteiger partial charge < -0.3 is 10.3 Å². The Balaban J connectivity index is 1.50. The molecule has 136 valence electrons. The first kappa shape index (κ1) is 17.2. The summed E-state index contributed by atoms with van der Waals surface area (Å²) < 4.78 is 0. The van der Waals surface area contributed by atoms with Gasteiger partial charge in [-0.2, -0.15) is 5.10 Å². The number of fused-ring (bicyclic) bond motifs is 3. The van der Waals surface area contributed by atoms with E-state index in [4.69, 9.17) is 11.6 Å². The summed E-state index contributed by atoms with van der Waals surface area (Å²) in [7, 11) is 0. The van der Waals surface area contributed by atoms with E-state index in [1.807, 2.05) is 26.0 Å². The molecule has 0 saturated heterocycles. The average Bonchev–Trinajstić information content (AvgIpc) is 3.16. The number of carbonyl (C=O) groups excluding carboxylic acids is 1. The molecule has 0 spiro atoms. The molecule has 3 aromatic rings. The van der Waals surface area contributed by atoms with Gasteiger partial charge in [-0.15, -0.1) is 0 Å². The van der Waals surface area contributed by atoms with E-state index in [1.54, 1.807) is 0 Å². The van der Waals surface area contributed by atoms with Crippen molar-refractivity contribution in [2.24, 2.45) is 0 Å². The number of benzene rings is 1. The fraction of sp³-hybridized carbons (Fsp3) is 0.400. The molecule has 6 heteroatoms. The van der Waals surface area contributed by atoms with Gasteiger partial charge in [-0.25, -0.2) is 0 Å². The first-order valence-corrected chi connectivity index (χ1v) is 9.51. The van der Waals surface area contributed by atoms with Crippen LogP contribution in [0.5, 0.6) is 0 Å². The number of aromatic nitrogens is 3. The number of rotatable bonds is 4. The maximum Gasteiger partial charge on any atom is 0.220 e. The van der Waals surface area contributed by atoms with Gasteiger partial charge in [0.2, 0.25) is 5.91 Å². The number of hydrogen-bond acceptors (Lipinski definition) is 2. The minimum atomic E-state index is 0.0289. The lowest BCUT2D eigenvalue weighted by molar-refractivity contribution is -0.121. The van der Waals surface area contributed by atoms with Crippen LogP contribution in [-0.4, -0.2) is 21.1 Å². The zero-order valence-electron chi connectivity index (χ0n) is 15.1. The largest absolute Gasteiger partial charge is 0.355 e. The van der Waals surface area contributed by atoms with E-state index in [0.29, 0.717) is 12.8 Å². The Kier molecular flexibility index (Phi) is 4.49. The predicted octanol–water partition coefficient (Wildman–Crippen LogP) is 4.29. The zero-order chi connectivity index (χ0) is 18.3. The van der Waals surface area contributed by atoms with Gasteiger partial charge in [-0.1, -0.05) is 23.7 Å². The zero-order valence-corrected chi connectivity index (χ0v) is 15.8. The number of hydrogen-bond donors (Lipinski definition) is 3. The summed E-state index contributed by atoms with van der Waals surface area (Å²) in [5.74, 6) is 0.0765. The number of carbonyl (C=O) groups is 1. The number of para-hydroxylation sites is 1. The van der Waals surface area contributed by atoms with Crippen LogP contribution in [0.15, 0.2) is 18.2 Å². The standard InChI is InChI=1S/C20H23ClN4O/c1-11-13(12(2)25-24-11)9-10-18(26)22-17-8-4-6-15-14-5-3-7-16(21)19(14)23-20(15)17/h3,5,7,17,23H,4,6,8-10H2,1-2H3,(H,22,26)(H,24,25). The molecule has 1 aliphatic rings. The Morgan fingerprint density at radius 3 is 3.00 bits per heavy atom. The Hall–Kier alpha value is -2.27. The molecule has 0 fully saturated rings. The third-order valence-corrected chi connectivity index (χ3v) is 5.72. The van der Waals surface area contributed by atoms with Crippen molar-refractivity contribution in [1.29, 1.82) is 0 Å². The van der Waals surface area contributed by atoms with Gasteiger partial charge in [0, 0.05) is 23.2 Å². The highest BCUT2D eigenvalue weighted by Crippen LogP contribution is 2.36. The molecule has 1 aromatic carbocycles. The molecular formula is C20H23ClN4O. The maximum atomic E-state index is 12.5. The van der Waals surface area contributed by atoms with Gasteiger partial charge in [0.1, 0.15) is 0 Å². The first-order chi connectivity index (χ1) is 12.5. The molecule has 1 atom stereocenters. The summed E-state index contributed by atoms with van der Waals surface area (Å²) in [5.41, 5.74) is 6.54. The van der Waals surface area contributed by atoms with Gasteiger partial charge in [0.05, 0.1) is 22.3 Å². The Morgan fingerprint density at radius 2 is 2.23 bits per heavy atom. The van der Waals surface area contributed by atoms with Crippen molar-refractivity contribution in [1.82, 2.24) is 20.5 Å². The van der Waals surface area contributed by atoms with Crippen molar-refractivity contribution in [3.63, 3.8) is 0 Å². The number of amides is 1. The topological polar surface area (TPSA) is 73.6 Å². The molecule has 1 amide bonds. The second-order valence-electron chi connectivity index (χ2n) is 7.10. The summed E-state index contributed by atoms with van der Waals surface area (Å²) >= 11 is 6.34. The third-order valence-electron chi connectivity index (χ3n) is 5.41. The van der Waals surface area contributed by atoms with Crippen LogP contribution in [-0.2, 0) is 17.6 Å². The molecule has 3 N–H and O–H groups in total. The molecule has 0 saturated carbocycles. The van der Waals surface area contributed by atoms with Crippen LogP contribution in [0, 0.1) is 13.8 Å². The number of nitrogens with one attached hydrogen (secondary N) is 3. The fourth-order valence-electron chi connectivity index (χ4n) is 4.04. The summed E-state index contributed by atoms with van der Waals surface area (Å²) in [6.45, 7) is 3.97. The highest BCUT2D eigenvalue weighted by Gasteiger charge is 2.26. The normalized spacial score (nSPS) is 16.7. The minimum Gasteiger partial charge on any atom is -0.355 e. The highest BCUT2D eigenvalue weighted by molar-refractivity contribution is 6.35. The molecule has 0 bridgehead atoms. The SMILES string of the molecule is Cc1n[nH]c(C)c1CCC(=O)NC1CCCc2c1[nH]c1c(Cl)cccc21. The summed E-state index contributed by atoms with van der Waals surface area (Å²) in [6.07, 6.45) is 4.21. The highest BCUT2D eigenvalue weighted by atomic mass is 35.5. The number of H-pyrrole nitrogens is 2. The molecule has 4 rings (SSSR count). The third kappa shape index (κ3) is 3.01. The summed E-state index contributed by atoms with van der Waals surface area (Å²) in [6, 6.07) is 6.01. The molecule has 26 heavy (non-hydrogen) atoms. The molecule has 1 aliphatic carbocycles. The lowest BCUT2D eigenvalue weighted by Crippen LogP contribution is -2.31. The van der Waals surface area contributed by atoms with Gasteiger partial charge >= 0.3 is 0 Å². The van der Waals surface area contributed by atoms with Gasteiger partial charge in [0.15, 0.2) is 0 Å². The minimum absolute atomic E-state index is 0.0289. The van der Waals surface area contributed by atoms with Crippen molar-refractivity contribution in [3.05, 3.63) is 51.4 Å². The molecule has 2 aromatic heterocycles. The van der Waals surface area contributed by atoms with Crippen molar-refractivity contribution in [2.75, 3.05) is 0 Å². The van der Waals surface area contributed by atoms with E-state index >= 15 is 0 Å². The number of aryl methyl sites for hydroxylation is 3. The van der Waals surface area contributed by atoms with E-state index in [2.05, 4.69) is 26.6 Å². The maximum absolute atomic E-state index is 12.5. The number of aromatic amines is 2. The lowest BCUT2D eigenvalue weighted by Gasteiger charge is -2.24. The van der Waals surface area contributed by atoms with Crippen molar-refractivity contribution >= 4 is 28.4 Å². The monoisotopic (exact) mass is 370 g/mol. The van der Waals surface area contributed by atoms with Crippen molar-refractivity contribution in [3.8, 4) is 0 Å². The molecule has 1 unspecified atom stereocenters. The first-order valence-electron chi connectivity index (χ1n) is 9.13. The quantitative estimate of drug-likeness (QED) is 0.641. The van der Waals surface area contributed by atoms with Crippen LogP contribution in [0.2, 0.25) is 5.02 Å². The van der Waals surface area contributed by atoms with E-state index in [1.165, 1.54) is 10.9 Å². The smallest absolute Gasteiger partial charge is 0.220 e. The Labute approximate surface area is 157 Å². The number of nitrogens with zero attached hydrogens (tertiary/aromatic N) is 1. The molecular weight excluding hydrogens is 348 g/mol. The van der Waals surface area contributed by atoms with Crippen LogP contribution in [0.25, 0.3) is 10.9 Å². The lowest BCUT2D eigenvalue weighted by atomic mass is 9.91. The Morgan fingerprint density at radius 1 is 1.38 bits per heavy atom. The van der Waals surface area contributed by atoms with Crippen molar-refractivity contribution in [2.45, 2.75) is 52.0 Å². The van der Waals surface area contributed by atoms with Crippen LogP contribution in [0.3, 0.4) is 0 Å². The second-order valence-corrected chi connectivity index (χ2v) is 7.51. The van der Waals surface area contributed by atoms with Crippen LogP contribution >= 0.6 is 11.6 Å². The van der Waals surface area contributed by atoms with Gasteiger partial charge in [-0.05, 0) is 56.7 Å². The van der Waals surface area contributed by atoms with Gasteiger partial charge in [0.25, 0.3) is 0 Å². The average molecular weight is 371 g/mol. The van der Waals surface area contributed by atoms with E-state index in [9.17, 15) is 4.79 Å². The van der Waals surface area contributed by atoms with E-state index < -0.39 is 0 Å². The predicted molar refractivity (Wildman–Crippen MR) is 104 cm³/mol. The van der Waals surface area contributed by atoms with Gasteiger partial charge in [-0.3, -0.25) is 9.89 Å². The van der Waals surface area contributed by atoms with Crippen LogP contribution in [0.1, 0.15) is 53.5 Å². The molecule has 0 radical (unpaired) electrons. The second kappa shape index (κ2) is 6.80. The number of halogens is 1. The van der Waals surface area contributed by atoms with E-state index in [0.717, 1.165) is 52.4 Å². The molecule has 2 heterocycles. The molecule has 5 nitrogen and oxygen atoms in total. The fourth-order valence-corrected chi connectivity index (χ4v) is 4.27. The summed E-state index contributed by atoms with van der Waals surface area (Å²) in [4.78, 5) is 16.0. The van der Waals surface area contributed by atoms with Crippen LogP contribution < -0.4 is 5.32 Å². The van der Waals surface area contributed by atoms with Crippen LogP contribution in [0.4, 0.5) is 0 Å². The molecule has 0 aliphatic heterocycles. The van der Waals surface area contributed by atoms with Crippen molar-refractivity contribution < 1.29 is 4.79 Å². The van der Waals surface area contributed by atoms with E-state index in [-0.39, 0.29) is 11.9 Å². The summed E-state index contributed by atoms with van der Waals surface area (Å²) in [5, 5.41) is 12.3.